The number of ether oxygens (including phenoxy) is 1. The van der Waals surface area contributed by atoms with Gasteiger partial charge in [0, 0.05) is 13.1 Å². The van der Waals surface area contributed by atoms with Gasteiger partial charge in [-0.15, -0.1) is 0 Å². The van der Waals surface area contributed by atoms with Crippen LogP contribution in [0.3, 0.4) is 0 Å². The minimum Gasteiger partial charge on any atom is -0.494 e. The van der Waals surface area contributed by atoms with Gasteiger partial charge in [0.05, 0.1) is 17.1 Å². The van der Waals surface area contributed by atoms with E-state index in [1.807, 2.05) is 85.8 Å². The van der Waals surface area contributed by atoms with Crippen LogP contribution in [0.5, 0.6) is 5.75 Å². The second-order valence-electron chi connectivity index (χ2n) is 9.11. The lowest BCUT2D eigenvalue weighted by molar-refractivity contribution is -0.122. The number of nitrogens with one attached hydrogen (secondary N) is 1. The lowest BCUT2D eigenvalue weighted by atomic mass is 9.77. The molecule has 0 bridgehead atoms. The molecular weight excluding hydrogens is 504 g/mol. The van der Waals surface area contributed by atoms with E-state index < -0.39 is 5.54 Å². The van der Waals surface area contributed by atoms with Crippen molar-refractivity contribution in [1.29, 1.82) is 0 Å². The number of amides is 2. The zero-order chi connectivity index (χ0) is 27.1. The number of hydrogen-bond donors (Lipinski definition) is 1. The highest BCUT2D eigenvalue weighted by Gasteiger charge is 2.38. The standard InChI is InChI=1S/C33H30N2O3S/c1-2-38-29-20-18-25(19-21-29)24-30-31(36)35(32(37)39-30)23-22-34-33(26-12-6-3-7-13-26,27-14-8-4-9-15-27)28-16-10-5-11-17-28/h3-21,24,34H,2,22-23H2,1H3/b30-24-. The summed E-state index contributed by atoms with van der Waals surface area (Å²) in [6.45, 7) is 3.18. The minimum absolute atomic E-state index is 0.250. The molecule has 4 aromatic carbocycles. The third-order valence-corrected chi connectivity index (χ3v) is 7.62. The highest BCUT2D eigenvalue weighted by molar-refractivity contribution is 8.18. The smallest absolute Gasteiger partial charge is 0.293 e. The normalized spacial score (nSPS) is 14.7. The van der Waals surface area contributed by atoms with E-state index >= 15 is 0 Å². The van der Waals surface area contributed by atoms with Gasteiger partial charge in [-0.05, 0) is 59.1 Å². The van der Waals surface area contributed by atoms with Crippen molar-refractivity contribution in [2.45, 2.75) is 12.5 Å². The number of thioether (sulfide) groups is 1. The summed E-state index contributed by atoms with van der Waals surface area (Å²) in [4.78, 5) is 27.8. The molecule has 1 saturated heterocycles. The molecule has 1 N–H and O–H groups in total. The number of nitrogens with zero attached hydrogens (tertiary/aromatic N) is 1. The summed E-state index contributed by atoms with van der Waals surface area (Å²) in [5.74, 6) is 0.498. The van der Waals surface area contributed by atoms with Crippen LogP contribution < -0.4 is 10.1 Å². The Morgan fingerprint density at radius 2 is 1.28 bits per heavy atom. The first-order valence-electron chi connectivity index (χ1n) is 13.0. The molecule has 196 valence electrons. The van der Waals surface area contributed by atoms with E-state index in [9.17, 15) is 9.59 Å². The van der Waals surface area contributed by atoms with Crippen molar-refractivity contribution in [2.75, 3.05) is 19.7 Å². The molecule has 2 amide bonds. The van der Waals surface area contributed by atoms with Crippen molar-refractivity contribution >= 4 is 29.0 Å². The van der Waals surface area contributed by atoms with E-state index in [0.29, 0.717) is 18.1 Å². The molecule has 4 aromatic rings. The highest BCUT2D eigenvalue weighted by atomic mass is 32.2. The lowest BCUT2D eigenvalue weighted by Crippen LogP contribution is -2.48. The molecule has 6 heteroatoms. The predicted molar refractivity (Wildman–Crippen MR) is 157 cm³/mol. The van der Waals surface area contributed by atoms with Crippen molar-refractivity contribution < 1.29 is 14.3 Å². The van der Waals surface area contributed by atoms with Gasteiger partial charge >= 0.3 is 0 Å². The molecule has 39 heavy (non-hydrogen) atoms. The average molecular weight is 535 g/mol. The second kappa shape index (κ2) is 12.2. The molecule has 1 aliphatic rings. The maximum atomic E-state index is 13.2. The third kappa shape index (κ3) is 5.67. The van der Waals surface area contributed by atoms with Crippen LogP contribution in [0.15, 0.2) is 120 Å². The van der Waals surface area contributed by atoms with E-state index in [-0.39, 0.29) is 17.7 Å². The summed E-state index contributed by atoms with van der Waals surface area (Å²) in [6.07, 6.45) is 1.76. The summed E-state index contributed by atoms with van der Waals surface area (Å²) < 4.78 is 5.49. The van der Waals surface area contributed by atoms with E-state index in [0.717, 1.165) is 39.8 Å². The molecule has 5 nitrogen and oxygen atoms in total. The van der Waals surface area contributed by atoms with Crippen molar-refractivity contribution in [3.05, 3.63) is 142 Å². The maximum Gasteiger partial charge on any atom is 0.293 e. The Morgan fingerprint density at radius 3 is 1.77 bits per heavy atom. The van der Waals surface area contributed by atoms with Crippen LogP contribution >= 0.6 is 11.8 Å². The summed E-state index contributed by atoms with van der Waals surface area (Å²) in [7, 11) is 0. The molecule has 1 heterocycles. The molecule has 1 fully saturated rings. The van der Waals surface area contributed by atoms with Gasteiger partial charge in [-0.3, -0.25) is 19.8 Å². The van der Waals surface area contributed by atoms with Crippen LogP contribution in [0, 0.1) is 0 Å². The Bertz CT molecular complexity index is 1340. The molecule has 0 saturated carbocycles. The molecule has 5 rings (SSSR count). The van der Waals surface area contributed by atoms with Crippen LogP contribution in [-0.4, -0.2) is 35.7 Å². The largest absolute Gasteiger partial charge is 0.494 e. The van der Waals surface area contributed by atoms with Crippen molar-refractivity contribution in [3.8, 4) is 5.75 Å². The summed E-state index contributed by atoms with van der Waals surface area (Å²) in [5.41, 5.74) is 3.41. The van der Waals surface area contributed by atoms with Crippen LogP contribution in [-0.2, 0) is 10.3 Å². The van der Waals surface area contributed by atoms with Gasteiger partial charge in [-0.25, -0.2) is 0 Å². The number of rotatable bonds is 10. The summed E-state index contributed by atoms with van der Waals surface area (Å²) in [6, 6.07) is 38.3. The highest BCUT2D eigenvalue weighted by Crippen LogP contribution is 2.37. The van der Waals surface area contributed by atoms with Crippen LogP contribution in [0.25, 0.3) is 6.08 Å². The number of carbonyl (C=O) groups excluding carboxylic acids is 2. The van der Waals surface area contributed by atoms with E-state index in [1.54, 1.807) is 6.08 Å². The third-order valence-electron chi connectivity index (χ3n) is 6.71. The van der Waals surface area contributed by atoms with Gasteiger partial charge in [0.15, 0.2) is 0 Å². The Labute approximate surface area is 233 Å². The molecule has 1 aliphatic heterocycles. The van der Waals surface area contributed by atoms with Crippen molar-refractivity contribution in [3.63, 3.8) is 0 Å². The Hall–Kier alpha value is -4.13. The predicted octanol–water partition coefficient (Wildman–Crippen LogP) is 6.70. The van der Waals surface area contributed by atoms with Gasteiger partial charge in [-0.2, -0.15) is 0 Å². The minimum atomic E-state index is -0.663. The number of hydrogen-bond acceptors (Lipinski definition) is 5. The number of imide groups is 1. The van der Waals surface area contributed by atoms with Gasteiger partial charge in [0.1, 0.15) is 5.75 Å². The van der Waals surface area contributed by atoms with Crippen LogP contribution in [0.4, 0.5) is 4.79 Å². The van der Waals surface area contributed by atoms with Crippen LogP contribution in [0.1, 0.15) is 29.2 Å². The van der Waals surface area contributed by atoms with E-state index in [1.165, 1.54) is 4.90 Å². The molecule has 0 atom stereocenters. The number of benzene rings is 4. The van der Waals surface area contributed by atoms with Crippen molar-refractivity contribution in [1.82, 2.24) is 10.2 Å². The fourth-order valence-corrected chi connectivity index (χ4v) is 5.76. The second-order valence-corrected chi connectivity index (χ2v) is 10.1. The first-order chi connectivity index (χ1) is 19.1. The van der Waals surface area contributed by atoms with E-state index in [4.69, 9.17) is 4.74 Å². The maximum absolute atomic E-state index is 13.2. The van der Waals surface area contributed by atoms with E-state index in [2.05, 4.69) is 41.7 Å². The fourth-order valence-electron chi connectivity index (χ4n) is 4.90. The van der Waals surface area contributed by atoms with Gasteiger partial charge in [-0.1, -0.05) is 103 Å². The summed E-state index contributed by atoms with van der Waals surface area (Å²) >= 11 is 0.978. The quantitative estimate of drug-likeness (QED) is 0.181. The fraction of sp³-hybridized carbons (Fsp3) is 0.152. The molecule has 0 spiro atoms. The SMILES string of the molecule is CCOc1ccc(/C=C2\SC(=O)N(CCNC(c3ccccc3)(c3ccccc3)c3ccccc3)C2=O)cc1. The van der Waals surface area contributed by atoms with Gasteiger partial charge in [0.2, 0.25) is 0 Å². The molecule has 0 unspecified atom stereocenters. The Balaban J connectivity index is 1.39. The average Bonchev–Trinajstić information content (AvgIpc) is 3.25. The molecule has 0 aliphatic carbocycles. The van der Waals surface area contributed by atoms with Crippen LogP contribution in [0.2, 0.25) is 0 Å². The lowest BCUT2D eigenvalue weighted by Gasteiger charge is -2.37. The molecule has 0 radical (unpaired) electrons. The zero-order valence-electron chi connectivity index (χ0n) is 21.7. The Kier molecular flexibility index (Phi) is 8.25. The number of carbonyl (C=O) groups is 2. The Morgan fingerprint density at radius 1 is 0.769 bits per heavy atom. The topological polar surface area (TPSA) is 58.6 Å². The molecular formula is C33H30N2O3S. The van der Waals surface area contributed by atoms with Gasteiger partial charge < -0.3 is 4.74 Å². The first kappa shape index (κ1) is 26.5. The molecule has 0 aromatic heterocycles. The monoisotopic (exact) mass is 534 g/mol. The first-order valence-corrected chi connectivity index (χ1v) is 13.8. The van der Waals surface area contributed by atoms with Crippen molar-refractivity contribution in [2.24, 2.45) is 0 Å². The van der Waals surface area contributed by atoms with Gasteiger partial charge in [0.25, 0.3) is 11.1 Å². The summed E-state index contributed by atoms with van der Waals surface area (Å²) in [5, 5.41) is 3.48. The zero-order valence-corrected chi connectivity index (χ0v) is 22.6.